The topological polar surface area (TPSA) is 49.8 Å². The number of alkyl halides is 3. The van der Waals surface area contributed by atoms with Crippen molar-refractivity contribution in [3.05, 3.63) is 29.8 Å². The van der Waals surface area contributed by atoms with E-state index in [0.717, 1.165) is 0 Å². The highest BCUT2D eigenvalue weighted by Crippen LogP contribution is 2.34. The fourth-order valence-electron chi connectivity index (χ4n) is 1.03. The van der Waals surface area contributed by atoms with E-state index in [0.29, 0.717) is 5.69 Å². The van der Waals surface area contributed by atoms with E-state index in [9.17, 15) is 13.2 Å². The first-order valence-electron chi connectivity index (χ1n) is 3.77. The Balaban J connectivity index is 3.04. The van der Waals surface area contributed by atoms with Crippen LogP contribution < -0.4 is 5.73 Å². The Morgan fingerprint density at radius 1 is 1.21 bits per heavy atom. The van der Waals surface area contributed by atoms with Gasteiger partial charge in [0.05, 0.1) is 6.07 Å². The highest BCUT2D eigenvalue weighted by atomic mass is 19.4. The van der Waals surface area contributed by atoms with E-state index in [1.165, 1.54) is 30.3 Å². The summed E-state index contributed by atoms with van der Waals surface area (Å²) in [6, 6.07) is 6.30. The van der Waals surface area contributed by atoms with Crippen molar-refractivity contribution in [1.29, 1.82) is 5.26 Å². The van der Waals surface area contributed by atoms with E-state index in [1.54, 1.807) is 0 Å². The smallest absolute Gasteiger partial charge is 0.399 e. The lowest BCUT2D eigenvalue weighted by atomic mass is 10.00. The molecule has 1 aromatic carbocycles. The number of anilines is 1. The van der Waals surface area contributed by atoms with Crippen LogP contribution in [0.2, 0.25) is 0 Å². The zero-order valence-electron chi connectivity index (χ0n) is 7.05. The van der Waals surface area contributed by atoms with Crippen LogP contribution in [0.4, 0.5) is 18.9 Å². The minimum absolute atomic E-state index is 0.0887. The summed E-state index contributed by atoms with van der Waals surface area (Å²) < 4.78 is 36.8. The molecular weight excluding hydrogens is 193 g/mol. The van der Waals surface area contributed by atoms with Crippen LogP contribution in [0, 0.1) is 11.3 Å². The summed E-state index contributed by atoms with van der Waals surface area (Å²) in [7, 11) is 0. The molecule has 0 amide bonds. The van der Waals surface area contributed by atoms with Crippen LogP contribution >= 0.6 is 0 Å². The normalized spacial score (nSPS) is 13.3. The summed E-state index contributed by atoms with van der Waals surface area (Å²) in [6.07, 6.45) is -4.54. The van der Waals surface area contributed by atoms with Gasteiger partial charge in [0, 0.05) is 5.69 Å². The lowest BCUT2D eigenvalue weighted by Gasteiger charge is -2.13. The van der Waals surface area contributed by atoms with Gasteiger partial charge >= 0.3 is 6.18 Å². The maximum absolute atomic E-state index is 12.3. The van der Waals surface area contributed by atoms with Gasteiger partial charge in [0.15, 0.2) is 5.92 Å². The molecule has 1 unspecified atom stereocenters. The van der Waals surface area contributed by atoms with Crippen LogP contribution in [0.5, 0.6) is 0 Å². The standard InChI is InChI=1S/C9H7F3N2/c10-9(11,12)8(5-13)6-1-3-7(14)4-2-6/h1-4,8H,14H2. The van der Waals surface area contributed by atoms with Crippen LogP contribution in [-0.4, -0.2) is 6.18 Å². The number of hydrogen-bond donors (Lipinski definition) is 1. The van der Waals surface area contributed by atoms with E-state index < -0.39 is 12.1 Å². The largest absolute Gasteiger partial charge is 0.408 e. The summed E-state index contributed by atoms with van der Waals surface area (Å²) in [5, 5.41) is 8.38. The quantitative estimate of drug-likeness (QED) is 0.708. The predicted molar refractivity (Wildman–Crippen MR) is 45.3 cm³/mol. The van der Waals surface area contributed by atoms with E-state index in [4.69, 9.17) is 11.0 Å². The second-order valence-corrected chi connectivity index (χ2v) is 2.77. The first kappa shape index (κ1) is 10.4. The second-order valence-electron chi connectivity index (χ2n) is 2.77. The molecule has 1 atom stereocenters. The van der Waals surface area contributed by atoms with E-state index in [-0.39, 0.29) is 5.56 Å². The van der Waals surface area contributed by atoms with Gasteiger partial charge in [0.2, 0.25) is 0 Å². The molecule has 14 heavy (non-hydrogen) atoms. The SMILES string of the molecule is N#CC(c1ccc(N)cc1)C(F)(F)F. The van der Waals surface area contributed by atoms with Gasteiger partial charge in [-0.2, -0.15) is 18.4 Å². The number of nitrogens with two attached hydrogens (primary N) is 1. The van der Waals surface area contributed by atoms with Crippen molar-refractivity contribution < 1.29 is 13.2 Å². The lowest BCUT2D eigenvalue weighted by molar-refractivity contribution is -0.137. The Morgan fingerprint density at radius 3 is 2.07 bits per heavy atom. The van der Waals surface area contributed by atoms with Gasteiger partial charge in [-0.3, -0.25) is 0 Å². The van der Waals surface area contributed by atoms with Crippen LogP contribution in [0.25, 0.3) is 0 Å². The summed E-state index contributed by atoms with van der Waals surface area (Å²) in [6.45, 7) is 0. The maximum atomic E-state index is 12.3. The Bertz CT molecular complexity index is 348. The van der Waals surface area contributed by atoms with Gasteiger partial charge in [-0.15, -0.1) is 0 Å². The molecule has 0 spiro atoms. The Hall–Kier alpha value is -1.70. The Morgan fingerprint density at radius 2 is 1.71 bits per heavy atom. The van der Waals surface area contributed by atoms with Crippen molar-refractivity contribution in [2.24, 2.45) is 0 Å². The molecule has 5 heteroatoms. The monoisotopic (exact) mass is 200 g/mol. The molecule has 1 rings (SSSR count). The van der Waals surface area contributed by atoms with Gasteiger partial charge in [0.1, 0.15) is 0 Å². The number of rotatable bonds is 1. The zero-order chi connectivity index (χ0) is 10.8. The van der Waals surface area contributed by atoms with Crippen LogP contribution in [-0.2, 0) is 0 Å². The maximum Gasteiger partial charge on any atom is 0.408 e. The highest BCUT2D eigenvalue weighted by molar-refractivity contribution is 5.41. The van der Waals surface area contributed by atoms with Gasteiger partial charge in [-0.25, -0.2) is 0 Å². The molecule has 0 aliphatic rings. The second kappa shape index (κ2) is 3.58. The number of nitriles is 1. The fraction of sp³-hybridized carbons (Fsp3) is 0.222. The molecule has 0 heterocycles. The molecular formula is C9H7F3N2. The molecule has 2 nitrogen and oxygen atoms in total. The third kappa shape index (κ3) is 2.16. The highest BCUT2D eigenvalue weighted by Gasteiger charge is 2.40. The lowest BCUT2D eigenvalue weighted by Crippen LogP contribution is -2.19. The number of nitrogen functional groups attached to an aromatic ring is 1. The van der Waals surface area contributed by atoms with Crippen molar-refractivity contribution in [1.82, 2.24) is 0 Å². The average molecular weight is 200 g/mol. The van der Waals surface area contributed by atoms with Crippen molar-refractivity contribution >= 4 is 5.69 Å². The van der Waals surface area contributed by atoms with E-state index in [1.807, 2.05) is 0 Å². The van der Waals surface area contributed by atoms with Crippen molar-refractivity contribution in [2.45, 2.75) is 12.1 Å². The van der Waals surface area contributed by atoms with Gasteiger partial charge < -0.3 is 5.73 Å². The first-order valence-corrected chi connectivity index (χ1v) is 3.77. The van der Waals surface area contributed by atoms with Crippen LogP contribution in [0.1, 0.15) is 11.5 Å². The number of nitrogens with zero attached hydrogens (tertiary/aromatic N) is 1. The number of halogens is 3. The molecule has 0 aliphatic heterocycles. The van der Waals surface area contributed by atoms with E-state index in [2.05, 4.69) is 0 Å². The summed E-state index contributed by atoms with van der Waals surface area (Å²) >= 11 is 0. The van der Waals surface area contributed by atoms with Gasteiger partial charge in [0.25, 0.3) is 0 Å². The first-order chi connectivity index (χ1) is 6.45. The molecule has 0 bridgehead atoms. The average Bonchev–Trinajstić information content (AvgIpc) is 2.07. The Labute approximate surface area is 78.8 Å². The molecule has 0 saturated heterocycles. The number of benzene rings is 1. The minimum atomic E-state index is -4.54. The molecule has 0 fully saturated rings. The molecule has 2 N–H and O–H groups in total. The minimum Gasteiger partial charge on any atom is -0.399 e. The third-order valence-electron chi connectivity index (χ3n) is 1.73. The van der Waals surface area contributed by atoms with Crippen molar-refractivity contribution in [2.75, 3.05) is 5.73 Å². The van der Waals surface area contributed by atoms with Crippen LogP contribution in [0.3, 0.4) is 0 Å². The molecule has 0 aromatic heterocycles. The third-order valence-corrected chi connectivity index (χ3v) is 1.73. The van der Waals surface area contributed by atoms with Gasteiger partial charge in [-0.1, -0.05) is 12.1 Å². The zero-order valence-corrected chi connectivity index (χ0v) is 7.05. The fourth-order valence-corrected chi connectivity index (χ4v) is 1.03. The summed E-state index contributed by atoms with van der Waals surface area (Å²) in [5.74, 6) is -2.08. The molecule has 0 saturated carbocycles. The Kier molecular flexibility index (Phi) is 2.65. The molecule has 1 aromatic rings. The van der Waals surface area contributed by atoms with Crippen LogP contribution in [0.15, 0.2) is 24.3 Å². The predicted octanol–water partition coefficient (Wildman–Crippen LogP) is 2.44. The van der Waals surface area contributed by atoms with Crippen molar-refractivity contribution in [3.63, 3.8) is 0 Å². The summed E-state index contributed by atoms with van der Waals surface area (Å²) in [4.78, 5) is 0. The number of hydrogen-bond acceptors (Lipinski definition) is 2. The molecule has 74 valence electrons. The van der Waals surface area contributed by atoms with E-state index >= 15 is 0 Å². The summed E-state index contributed by atoms with van der Waals surface area (Å²) in [5.41, 5.74) is 5.59. The molecule has 0 radical (unpaired) electrons. The van der Waals surface area contributed by atoms with Gasteiger partial charge in [-0.05, 0) is 17.7 Å². The van der Waals surface area contributed by atoms with Crippen molar-refractivity contribution in [3.8, 4) is 6.07 Å². The molecule has 0 aliphatic carbocycles.